The van der Waals surface area contributed by atoms with Crippen LogP contribution in [-0.4, -0.2) is 51.4 Å². The summed E-state index contributed by atoms with van der Waals surface area (Å²) >= 11 is 1.36. The molecule has 1 N–H and O–H groups in total. The van der Waals surface area contributed by atoms with Crippen molar-refractivity contribution < 1.29 is 22.7 Å². The maximum absolute atomic E-state index is 13.5. The Bertz CT molecular complexity index is 1620. The third kappa shape index (κ3) is 6.04. The standard InChI is InChI=1S/C28H26N4O5S2/c1-2-39(34,35)23-10-5-20(6-11-23)26(37-22-8-3-19(18-29)4-9-22)27(33)31-28-30-24-12-7-21(17-25(24)38-28)32-13-15-36-16-14-32/h3-12,17,26H,2,13-16H2,1H3,(H,30,31,33). The van der Waals surface area contributed by atoms with E-state index in [9.17, 15) is 13.2 Å². The Hall–Kier alpha value is -3.98. The van der Waals surface area contributed by atoms with Gasteiger partial charge in [0, 0.05) is 24.3 Å². The van der Waals surface area contributed by atoms with Crippen LogP contribution >= 0.6 is 11.3 Å². The van der Waals surface area contributed by atoms with Gasteiger partial charge < -0.3 is 14.4 Å². The molecule has 0 spiro atoms. The van der Waals surface area contributed by atoms with Gasteiger partial charge in [-0.1, -0.05) is 30.4 Å². The highest BCUT2D eigenvalue weighted by atomic mass is 32.2. The fourth-order valence-corrected chi connectivity index (χ4v) is 5.98. The number of morpholine rings is 1. The topological polar surface area (TPSA) is 122 Å². The van der Waals surface area contributed by atoms with E-state index in [0.29, 0.717) is 35.2 Å². The largest absolute Gasteiger partial charge is 0.476 e. The lowest BCUT2D eigenvalue weighted by molar-refractivity contribution is -0.123. The molecule has 0 aliphatic carbocycles. The zero-order valence-corrected chi connectivity index (χ0v) is 22.8. The van der Waals surface area contributed by atoms with Crippen LogP contribution in [0.3, 0.4) is 0 Å². The summed E-state index contributed by atoms with van der Waals surface area (Å²) in [6.45, 7) is 4.60. The second-order valence-electron chi connectivity index (χ2n) is 8.87. The molecule has 1 unspecified atom stereocenters. The van der Waals surface area contributed by atoms with Gasteiger partial charge >= 0.3 is 0 Å². The van der Waals surface area contributed by atoms with Gasteiger partial charge in [-0.15, -0.1) is 0 Å². The molecule has 9 nitrogen and oxygen atoms in total. The third-order valence-corrected chi connectivity index (χ3v) is 9.06. The molecule has 0 bridgehead atoms. The lowest BCUT2D eigenvalue weighted by Crippen LogP contribution is -2.36. The van der Waals surface area contributed by atoms with E-state index >= 15 is 0 Å². The first-order valence-corrected chi connectivity index (χ1v) is 14.9. The number of thiazole rings is 1. The predicted octanol–water partition coefficient (Wildman–Crippen LogP) is 4.56. The van der Waals surface area contributed by atoms with Crippen LogP contribution in [0.2, 0.25) is 0 Å². The van der Waals surface area contributed by atoms with Crippen LogP contribution in [0.5, 0.6) is 5.75 Å². The Balaban J connectivity index is 1.41. The van der Waals surface area contributed by atoms with E-state index in [-0.39, 0.29) is 10.6 Å². The molecule has 0 saturated carbocycles. The van der Waals surface area contributed by atoms with Gasteiger partial charge in [-0.2, -0.15) is 5.26 Å². The van der Waals surface area contributed by atoms with Gasteiger partial charge in [0.1, 0.15) is 5.75 Å². The molecule has 1 atom stereocenters. The number of hydrogen-bond acceptors (Lipinski definition) is 9. The second kappa shape index (κ2) is 11.4. The number of anilines is 2. The number of rotatable bonds is 8. The molecule has 4 aromatic rings. The van der Waals surface area contributed by atoms with Crippen LogP contribution in [0.25, 0.3) is 10.2 Å². The van der Waals surface area contributed by atoms with Gasteiger partial charge in [0.15, 0.2) is 15.0 Å². The van der Waals surface area contributed by atoms with Crippen molar-refractivity contribution in [3.05, 3.63) is 77.9 Å². The van der Waals surface area contributed by atoms with E-state index in [1.54, 1.807) is 43.3 Å². The second-order valence-corrected chi connectivity index (χ2v) is 12.2. The smallest absolute Gasteiger partial charge is 0.271 e. The molecule has 1 fully saturated rings. The van der Waals surface area contributed by atoms with Gasteiger partial charge in [0.05, 0.1) is 45.7 Å². The van der Waals surface area contributed by atoms with Gasteiger partial charge in [0.2, 0.25) is 6.10 Å². The molecule has 0 radical (unpaired) electrons. The molecule has 5 rings (SSSR count). The summed E-state index contributed by atoms with van der Waals surface area (Å²) < 4.78 is 37.0. The van der Waals surface area contributed by atoms with Gasteiger partial charge in [0.25, 0.3) is 5.91 Å². The average Bonchev–Trinajstić information content (AvgIpc) is 3.38. The first-order chi connectivity index (χ1) is 18.9. The highest BCUT2D eigenvalue weighted by Gasteiger charge is 2.25. The first kappa shape index (κ1) is 26.6. The zero-order chi connectivity index (χ0) is 27.4. The minimum Gasteiger partial charge on any atom is -0.476 e. The van der Waals surface area contributed by atoms with Crippen LogP contribution in [0, 0.1) is 11.3 Å². The van der Waals surface area contributed by atoms with Crippen LogP contribution in [0.1, 0.15) is 24.2 Å². The van der Waals surface area contributed by atoms with Crippen LogP contribution in [0.4, 0.5) is 10.8 Å². The molecule has 3 aromatic carbocycles. The lowest BCUT2D eigenvalue weighted by atomic mass is 10.1. The number of hydrogen-bond donors (Lipinski definition) is 1. The molecule has 200 valence electrons. The molecular formula is C28H26N4O5S2. The van der Waals surface area contributed by atoms with Crippen molar-refractivity contribution in [2.24, 2.45) is 0 Å². The first-order valence-electron chi connectivity index (χ1n) is 12.4. The number of amides is 1. The SMILES string of the molecule is CCS(=O)(=O)c1ccc(C(Oc2ccc(C#N)cc2)C(=O)Nc2nc3ccc(N4CCOCC4)cc3s2)cc1. The van der Waals surface area contributed by atoms with Crippen molar-refractivity contribution in [2.75, 3.05) is 42.3 Å². The highest BCUT2D eigenvalue weighted by Crippen LogP contribution is 2.32. The van der Waals surface area contributed by atoms with Gasteiger partial charge in [-0.25, -0.2) is 13.4 Å². The number of carbonyl (C=O) groups excluding carboxylic acids is 1. The van der Waals surface area contributed by atoms with Crippen LogP contribution in [0.15, 0.2) is 71.6 Å². The van der Waals surface area contributed by atoms with E-state index in [2.05, 4.69) is 27.3 Å². The number of nitrogens with zero attached hydrogens (tertiary/aromatic N) is 3. The summed E-state index contributed by atoms with van der Waals surface area (Å²) in [5, 5.41) is 12.4. The fraction of sp³-hybridized carbons (Fsp3) is 0.250. The summed E-state index contributed by atoms with van der Waals surface area (Å²) in [5.41, 5.74) is 2.79. The average molecular weight is 563 g/mol. The summed E-state index contributed by atoms with van der Waals surface area (Å²) in [6, 6.07) is 20.6. The Morgan fingerprint density at radius 3 is 2.51 bits per heavy atom. The van der Waals surface area contributed by atoms with Crippen molar-refractivity contribution in [1.29, 1.82) is 5.26 Å². The Morgan fingerprint density at radius 2 is 1.85 bits per heavy atom. The number of aromatic nitrogens is 1. The molecule has 1 saturated heterocycles. The van der Waals surface area contributed by atoms with Crippen LogP contribution in [-0.2, 0) is 19.4 Å². The molecular weight excluding hydrogens is 536 g/mol. The van der Waals surface area contributed by atoms with Gasteiger partial charge in [-0.05, 0) is 54.6 Å². The summed E-state index contributed by atoms with van der Waals surface area (Å²) in [4.78, 5) is 20.5. The van der Waals surface area contributed by atoms with E-state index in [0.717, 1.165) is 29.0 Å². The highest BCUT2D eigenvalue weighted by molar-refractivity contribution is 7.91. The minimum atomic E-state index is -3.39. The number of benzene rings is 3. The number of nitriles is 1. The molecule has 39 heavy (non-hydrogen) atoms. The molecule has 1 aliphatic heterocycles. The summed E-state index contributed by atoms with van der Waals surface area (Å²) in [7, 11) is -3.39. The van der Waals surface area contributed by atoms with E-state index in [1.165, 1.54) is 23.5 Å². The molecule has 11 heteroatoms. The van der Waals surface area contributed by atoms with Crippen molar-refractivity contribution in [1.82, 2.24) is 4.98 Å². The van der Waals surface area contributed by atoms with Crippen molar-refractivity contribution >= 4 is 48.1 Å². The van der Waals surface area contributed by atoms with E-state index in [1.807, 2.05) is 12.1 Å². The van der Waals surface area contributed by atoms with Crippen molar-refractivity contribution in [3.63, 3.8) is 0 Å². The summed E-state index contributed by atoms with van der Waals surface area (Å²) in [5.74, 6) is -0.0974. The summed E-state index contributed by atoms with van der Waals surface area (Å²) in [6.07, 6.45) is -1.09. The monoisotopic (exact) mass is 562 g/mol. The molecule has 1 aliphatic rings. The van der Waals surface area contributed by atoms with Crippen molar-refractivity contribution in [2.45, 2.75) is 17.9 Å². The number of nitrogens with one attached hydrogen (secondary N) is 1. The van der Waals surface area contributed by atoms with Crippen molar-refractivity contribution in [3.8, 4) is 11.8 Å². The Morgan fingerprint density at radius 1 is 1.13 bits per heavy atom. The number of sulfone groups is 1. The predicted molar refractivity (Wildman–Crippen MR) is 150 cm³/mol. The van der Waals surface area contributed by atoms with E-state index < -0.39 is 21.8 Å². The van der Waals surface area contributed by atoms with Crippen LogP contribution < -0.4 is 15.0 Å². The Kier molecular flexibility index (Phi) is 7.79. The number of ether oxygens (including phenoxy) is 2. The number of carbonyl (C=O) groups is 1. The minimum absolute atomic E-state index is 0.0249. The quantitative estimate of drug-likeness (QED) is 0.332. The molecule has 1 amide bonds. The molecule has 1 aromatic heterocycles. The third-order valence-electron chi connectivity index (χ3n) is 6.38. The maximum atomic E-state index is 13.5. The Labute approximate surface area is 230 Å². The lowest BCUT2D eigenvalue weighted by Gasteiger charge is -2.28. The fourth-order valence-electron chi connectivity index (χ4n) is 4.19. The van der Waals surface area contributed by atoms with E-state index in [4.69, 9.17) is 14.7 Å². The number of fused-ring (bicyclic) bond motifs is 1. The maximum Gasteiger partial charge on any atom is 0.271 e. The normalized spacial score (nSPS) is 14.5. The zero-order valence-electron chi connectivity index (χ0n) is 21.2. The molecule has 2 heterocycles. The van der Waals surface area contributed by atoms with Gasteiger partial charge in [-0.3, -0.25) is 10.1 Å².